The van der Waals surface area contributed by atoms with E-state index in [2.05, 4.69) is 17.1 Å². The molecular weight excluding hydrogens is 482 g/mol. The molecule has 188 valence electrons. The molecule has 9 nitrogen and oxygen atoms in total. The number of anilines is 1. The van der Waals surface area contributed by atoms with E-state index in [0.29, 0.717) is 29.4 Å². The van der Waals surface area contributed by atoms with Crippen LogP contribution in [0.3, 0.4) is 0 Å². The van der Waals surface area contributed by atoms with E-state index < -0.39 is 22.5 Å². The van der Waals surface area contributed by atoms with Crippen LogP contribution in [-0.4, -0.2) is 47.9 Å². The van der Waals surface area contributed by atoms with Gasteiger partial charge in [0.25, 0.3) is 15.9 Å². The number of hydrogen-bond acceptors (Lipinski definition) is 7. The summed E-state index contributed by atoms with van der Waals surface area (Å²) in [6.45, 7) is 3.42. The van der Waals surface area contributed by atoms with Gasteiger partial charge in [-0.25, -0.2) is 13.8 Å². The molecule has 0 aromatic heterocycles. The Morgan fingerprint density at radius 2 is 1.67 bits per heavy atom. The number of ether oxygens (including phenoxy) is 3. The lowest BCUT2D eigenvalue weighted by atomic mass is 10.2. The number of hydrogen-bond donors (Lipinski definition) is 1. The SMILES string of the molecule is C=CCOc1ccc(C=NNC(=O)CN(c2ccccc2OC)S(=O)(=O)c2ccccc2)cc1OC. The van der Waals surface area contributed by atoms with E-state index in [0.717, 1.165) is 4.31 Å². The maximum Gasteiger partial charge on any atom is 0.264 e. The van der Waals surface area contributed by atoms with Crippen molar-refractivity contribution in [3.05, 3.63) is 91.0 Å². The third kappa shape index (κ3) is 6.42. The zero-order valence-corrected chi connectivity index (χ0v) is 20.8. The Morgan fingerprint density at radius 1 is 0.972 bits per heavy atom. The molecule has 0 spiro atoms. The highest BCUT2D eigenvalue weighted by atomic mass is 32.2. The van der Waals surface area contributed by atoms with Crippen molar-refractivity contribution in [1.29, 1.82) is 0 Å². The molecule has 0 saturated carbocycles. The number of sulfonamides is 1. The van der Waals surface area contributed by atoms with E-state index >= 15 is 0 Å². The summed E-state index contributed by atoms with van der Waals surface area (Å²) in [7, 11) is -1.14. The Hall–Kier alpha value is -4.31. The first-order valence-electron chi connectivity index (χ1n) is 10.8. The van der Waals surface area contributed by atoms with Gasteiger partial charge in [-0.1, -0.05) is 43.0 Å². The van der Waals surface area contributed by atoms with Crippen LogP contribution in [0.4, 0.5) is 5.69 Å². The number of rotatable bonds is 12. The van der Waals surface area contributed by atoms with Crippen molar-refractivity contribution in [2.45, 2.75) is 4.90 Å². The number of nitrogens with one attached hydrogen (secondary N) is 1. The molecule has 0 radical (unpaired) electrons. The highest BCUT2D eigenvalue weighted by Gasteiger charge is 2.29. The third-order valence-corrected chi connectivity index (χ3v) is 6.69. The Bertz CT molecular complexity index is 1330. The minimum Gasteiger partial charge on any atom is -0.495 e. The lowest BCUT2D eigenvalue weighted by Crippen LogP contribution is -2.39. The summed E-state index contributed by atoms with van der Waals surface area (Å²) in [5.74, 6) is 0.689. The van der Waals surface area contributed by atoms with E-state index in [9.17, 15) is 13.2 Å². The first kappa shape index (κ1) is 26.3. The molecule has 0 aliphatic carbocycles. The van der Waals surface area contributed by atoms with Crippen LogP contribution >= 0.6 is 0 Å². The van der Waals surface area contributed by atoms with Gasteiger partial charge in [0, 0.05) is 0 Å². The number of nitrogens with zero attached hydrogens (tertiary/aromatic N) is 2. The molecule has 36 heavy (non-hydrogen) atoms. The van der Waals surface area contributed by atoms with Gasteiger partial charge < -0.3 is 14.2 Å². The second-order valence-electron chi connectivity index (χ2n) is 7.30. The van der Waals surface area contributed by atoms with E-state index in [1.165, 1.54) is 32.6 Å². The summed E-state index contributed by atoms with van der Waals surface area (Å²) in [5.41, 5.74) is 3.24. The Kier molecular flexibility index (Phi) is 9.07. The average Bonchev–Trinajstić information content (AvgIpc) is 2.91. The lowest BCUT2D eigenvalue weighted by Gasteiger charge is -2.25. The molecule has 0 heterocycles. The molecule has 1 N–H and O–H groups in total. The maximum absolute atomic E-state index is 13.4. The molecule has 0 atom stereocenters. The molecule has 0 aliphatic rings. The number of benzene rings is 3. The second-order valence-corrected chi connectivity index (χ2v) is 9.16. The van der Waals surface area contributed by atoms with Crippen molar-refractivity contribution in [3.8, 4) is 17.2 Å². The van der Waals surface area contributed by atoms with Crippen LogP contribution in [0, 0.1) is 0 Å². The van der Waals surface area contributed by atoms with Crippen LogP contribution in [0.25, 0.3) is 0 Å². The van der Waals surface area contributed by atoms with Crippen molar-refractivity contribution >= 4 is 27.8 Å². The van der Waals surface area contributed by atoms with Gasteiger partial charge in [0.1, 0.15) is 18.9 Å². The van der Waals surface area contributed by atoms with Gasteiger partial charge >= 0.3 is 0 Å². The number of carbonyl (C=O) groups is 1. The maximum atomic E-state index is 13.4. The van der Waals surface area contributed by atoms with Crippen LogP contribution in [0.1, 0.15) is 5.56 Å². The predicted octanol–water partition coefficient (Wildman–Crippen LogP) is 3.61. The summed E-state index contributed by atoms with van der Waals surface area (Å²) < 4.78 is 44.0. The zero-order valence-electron chi connectivity index (χ0n) is 20.0. The molecule has 0 aliphatic heterocycles. The number of hydrazone groups is 1. The molecule has 0 bridgehead atoms. The third-order valence-electron chi connectivity index (χ3n) is 4.92. The lowest BCUT2D eigenvalue weighted by molar-refractivity contribution is -0.119. The summed E-state index contributed by atoms with van der Waals surface area (Å²) in [6, 6.07) is 19.5. The molecule has 1 amide bonds. The van der Waals surface area contributed by atoms with Gasteiger partial charge in [-0.3, -0.25) is 9.10 Å². The molecular formula is C26H27N3O6S. The molecule has 0 fully saturated rings. The van der Waals surface area contributed by atoms with Crippen molar-refractivity contribution in [3.63, 3.8) is 0 Å². The number of para-hydroxylation sites is 2. The van der Waals surface area contributed by atoms with Gasteiger partial charge in [-0.15, -0.1) is 0 Å². The van der Waals surface area contributed by atoms with Crippen molar-refractivity contribution < 1.29 is 27.4 Å². The van der Waals surface area contributed by atoms with E-state index in [-0.39, 0.29) is 10.6 Å². The van der Waals surface area contributed by atoms with Crippen molar-refractivity contribution in [1.82, 2.24) is 5.43 Å². The van der Waals surface area contributed by atoms with E-state index in [1.54, 1.807) is 66.7 Å². The normalized spacial score (nSPS) is 11.1. The minimum absolute atomic E-state index is 0.0399. The predicted molar refractivity (Wildman–Crippen MR) is 138 cm³/mol. The fourth-order valence-corrected chi connectivity index (χ4v) is 4.68. The van der Waals surface area contributed by atoms with Gasteiger partial charge in [0.2, 0.25) is 0 Å². The van der Waals surface area contributed by atoms with Gasteiger partial charge in [-0.2, -0.15) is 5.10 Å². The van der Waals surface area contributed by atoms with Gasteiger partial charge in [0.15, 0.2) is 11.5 Å². The molecule has 3 aromatic carbocycles. The van der Waals surface area contributed by atoms with Crippen LogP contribution in [0.2, 0.25) is 0 Å². The van der Waals surface area contributed by atoms with E-state index in [4.69, 9.17) is 14.2 Å². The van der Waals surface area contributed by atoms with Crippen molar-refractivity contribution in [2.75, 3.05) is 31.7 Å². The second kappa shape index (κ2) is 12.4. The number of carbonyl (C=O) groups excluding carboxylic acids is 1. The van der Waals surface area contributed by atoms with Crippen LogP contribution in [-0.2, 0) is 14.8 Å². The fraction of sp³-hybridized carbons (Fsp3) is 0.154. The Balaban J connectivity index is 1.81. The van der Waals surface area contributed by atoms with Gasteiger partial charge in [-0.05, 0) is 48.0 Å². The number of methoxy groups -OCH3 is 2. The topological polar surface area (TPSA) is 107 Å². The van der Waals surface area contributed by atoms with Crippen LogP contribution in [0.15, 0.2) is 95.4 Å². The molecule has 0 unspecified atom stereocenters. The highest BCUT2D eigenvalue weighted by molar-refractivity contribution is 7.92. The Labute approximate surface area is 210 Å². The standard InChI is InChI=1S/C26H27N3O6S/c1-4-16-35-24-15-14-20(17-25(24)34-3)18-27-28-26(30)19-29(22-12-8-9-13-23(22)33-2)36(31,32)21-10-6-5-7-11-21/h4-15,17-18H,1,16,19H2,2-3H3,(H,28,30). The van der Waals surface area contributed by atoms with Gasteiger partial charge in [0.05, 0.1) is 31.0 Å². The summed E-state index contributed by atoms with van der Waals surface area (Å²) in [4.78, 5) is 12.8. The van der Waals surface area contributed by atoms with Crippen LogP contribution in [0.5, 0.6) is 17.2 Å². The summed E-state index contributed by atoms with van der Waals surface area (Å²) >= 11 is 0. The summed E-state index contributed by atoms with van der Waals surface area (Å²) in [6.07, 6.45) is 3.04. The van der Waals surface area contributed by atoms with Crippen molar-refractivity contribution in [2.24, 2.45) is 5.10 Å². The molecule has 0 saturated heterocycles. The zero-order chi connectivity index (χ0) is 26.0. The average molecular weight is 510 g/mol. The first-order valence-corrected chi connectivity index (χ1v) is 12.3. The highest BCUT2D eigenvalue weighted by Crippen LogP contribution is 2.32. The molecule has 10 heteroatoms. The quantitative estimate of drug-likeness (QED) is 0.227. The first-order chi connectivity index (χ1) is 17.4. The summed E-state index contributed by atoms with van der Waals surface area (Å²) in [5, 5.41) is 3.96. The monoisotopic (exact) mass is 509 g/mol. The van der Waals surface area contributed by atoms with Crippen LogP contribution < -0.4 is 23.9 Å². The Morgan fingerprint density at radius 3 is 2.36 bits per heavy atom. The smallest absolute Gasteiger partial charge is 0.264 e. The molecule has 3 rings (SSSR count). The number of amides is 1. The fourth-order valence-electron chi connectivity index (χ4n) is 3.23. The minimum atomic E-state index is -4.08. The van der Waals surface area contributed by atoms with E-state index in [1.807, 2.05) is 0 Å². The largest absolute Gasteiger partial charge is 0.495 e. The molecule has 3 aromatic rings.